The van der Waals surface area contributed by atoms with Gasteiger partial charge in [0.05, 0.1) is 0 Å². The van der Waals surface area contributed by atoms with E-state index in [1.54, 1.807) is 0 Å². The number of nitrogens with one attached hydrogen (secondary N) is 1. The molecule has 1 nitrogen and oxygen atoms in total. The van der Waals surface area contributed by atoms with Gasteiger partial charge in [0.15, 0.2) is 0 Å². The lowest BCUT2D eigenvalue weighted by atomic mass is 9.85. The molecule has 0 spiro atoms. The highest BCUT2D eigenvalue weighted by Crippen LogP contribution is 2.31. The smallest absolute Gasteiger partial charge is 0.0214 e. The Hall–Kier alpha value is -0.820. The summed E-state index contributed by atoms with van der Waals surface area (Å²) in [5, 5.41) is 3.47. The van der Waals surface area contributed by atoms with Gasteiger partial charge in [-0.2, -0.15) is 0 Å². The molecule has 0 radical (unpaired) electrons. The Kier molecular flexibility index (Phi) is 7.04. The van der Waals surface area contributed by atoms with Gasteiger partial charge in [0.25, 0.3) is 0 Å². The van der Waals surface area contributed by atoms with Crippen molar-refractivity contribution in [3.8, 4) is 0 Å². The molecule has 1 atom stereocenters. The molecule has 1 N–H and O–H groups in total. The van der Waals surface area contributed by atoms with Gasteiger partial charge in [0.1, 0.15) is 0 Å². The molecule has 0 aromatic heterocycles. The van der Waals surface area contributed by atoms with E-state index in [9.17, 15) is 0 Å². The zero-order valence-electron chi connectivity index (χ0n) is 12.4. The van der Waals surface area contributed by atoms with Crippen LogP contribution in [0.3, 0.4) is 0 Å². The van der Waals surface area contributed by atoms with Crippen LogP contribution in [0.25, 0.3) is 0 Å². The van der Waals surface area contributed by atoms with Gasteiger partial charge in [-0.3, -0.25) is 0 Å². The Morgan fingerprint density at radius 3 is 2.61 bits per heavy atom. The van der Waals surface area contributed by atoms with Gasteiger partial charge in [-0.05, 0) is 42.4 Å². The average Bonchev–Trinajstić information content (AvgIpc) is 2.85. The van der Waals surface area contributed by atoms with Crippen LogP contribution in [0.1, 0.15) is 52.9 Å². The molecule has 0 aliphatic carbocycles. The zero-order valence-corrected chi connectivity index (χ0v) is 12.4. The summed E-state index contributed by atoms with van der Waals surface area (Å²) < 4.78 is 0. The molecule has 1 saturated heterocycles. The van der Waals surface area contributed by atoms with Crippen LogP contribution in [0.15, 0.2) is 35.5 Å². The van der Waals surface area contributed by atoms with Gasteiger partial charge in [-0.25, -0.2) is 0 Å². The topological polar surface area (TPSA) is 12.0 Å². The van der Waals surface area contributed by atoms with Crippen LogP contribution in [0.2, 0.25) is 0 Å². The molecule has 1 fully saturated rings. The Morgan fingerprint density at radius 2 is 2.06 bits per heavy atom. The zero-order chi connectivity index (χ0) is 13.4. The van der Waals surface area contributed by atoms with Gasteiger partial charge in [-0.15, -0.1) is 0 Å². The Balaban J connectivity index is 2.96. The minimum Gasteiger partial charge on any atom is -0.309 e. The summed E-state index contributed by atoms with van der Waals surface area (Å²) in [6.45, 7) is 12.8. The number of hydrogen-bond donors (Lipinski definition) is 1. The molecular weight excluding hydrogens is 218 g/mol. The lowest BCUT2D eigenvalue weighted by molar-refractivity contribution is 0.494. The van der Waals surface area contributed by atoms with E-state index in [0.29, 0.717) is 5.92 Å². The molecule has 1 heteroatoms. The van der Waals surface area contributed by atoms with Crippen molar-refractivity contribution in [2.45, 2.75) is 52.9 Å². The summed E-state index contributed by atoms with van der Waals surface area (Å²) in [6, 6.07) is 0. The highest BCUT2D eigenvalue weighted by atomic mass is 14.9. The molecule has 102 valence electrons. The molecule has 1 aliphatic rings. The molecule has 0 aromatic rings. The van der Waals surface area contributed by atoms with E-state index in [1.807, 2.05) is 0 Å². The first kappa shape index (κ1) is 15.2. The van der Waals surface area contributed by atoms with Crippen LogP contribution in [0.4, 0.5) is 0 Å². The molecule has 1 heterocycles. The lowest BCUT2D eigenvalue weighted by Crippen LogP contribution is -2.09. The largest absolute Gasteiger partial charge is 0.309 e. The summed E-state index contributed by atoms with van der Waals surface area (Å²) in [4.78, 5) is 0. The normalized spacial score (nSPS) is 22.3. The molecule has 0 aromatic carbocycles. The van der Waals surface area contributed by atoms with Crippen molar-refractivity contribution < 1.29 is 0 Å². The van der Waals surface area contributed by atoms with E-state index in [2.05, 4.69) is 44.8 Å². The van der Waals surface area contributed by atoms with Crippen LogP contribution in [0.5, 0.6) is 0 Å². The minimum atomic E-state index is 0.706. The second kappa shape index (κ2) is 8.31. The Bertz CT molecular complexity index is 323. The van der Waals surface area contributed by atoms with Crippen molar-refractivity contribution in [2.24, 2.45) is 5.92 Å². The second-order valence-corrected chi connectivity index (χ2v) is 5.18. The molecule has 0 saturated carbocycles. The Morgan fingerprint density at radius 1 is 1.28 bits per heavy atom. The van der Waals surface area contributed by atoms with Gasteiger partial charge in [0.2, 0.25) is 0 Å². The molecule has 0 bridgehead atoms. The fraction of sp³-hybridized carbons (Fsp3) is 0.647. The predicted octanol–water partition coefficient (Wildman–Crippen LogP) is 4.63. The first-order chi connectivity index (χ1) is 8.78. The number of unbranched alkanes of at least 4 members (excludes halogenated alkanes) is 1. The minimum absolute atomic E-state index is 0.706. The van der Waals surface area contributed by atoms with Crippen LogP contribution in [-0.4, -0.2) is 13.1 Å². The number of hydrogen-bond acceptors (Lipinski definition) is 1. The lowest BCUT2D eigenvalue weighted by Gasteiger charge is -2.20. The average molecular weight is 247 g/mol. The van der Waals surface area contributed by atoms with E-state index in [0.717, 1.165) is 13.1 Å². The van der Waals surface area contributed by atoms with Gasteiger partial charge < -0.3 is 5.32 Å². The summed E-state index contributed by atoms with van der Waals surface area (Å²) in [5.74, 6) is 0.706. The standard InChI is InChI=1S/C17H29N/c1-5-9-11-15(10-6-2)16(8-4)17-13-18-12-14(17)7-3/h7-8,15,18H,4-6,9-13H2,1-3H3/b14-7-,17-16+. The van der Waals surface area contributed by atoms with E-state index in [-0.39, 0.29) is 0 Å². The van der Waals surface area contributed by atoms with Crippen LogP contribution >= 0.6 is 0 Å². The first-order valence-corrected chi connectivity index (χ1v) is 7.50. The SMILES string of the molecule is C=C/C(=C1/CNC/C1=C/C)C(CCC)CCCC. The quantitative estimate of drug-likeness (QED) is 0.692. The monoisotopic (exact) mass is 247 g/mol. The second-order valence-electron chi connectivity index (χ2n) is 5.18. The van der Waals surface area contributed by atoms with Crippen LogP contribution < -0.4 is 5.32 Å². The summed E-state index contributed by atoms with van der Waals surface area (Å²) in [5.41, 5.74) is 4.49. The van der Waals surface area contributed by atoms with E-state index >= 15 is 0 Å². The fourth-order valence-corrected chi connectivity index (χ4v) is 2.90. The van der Waals surface area contributed by atoms with Crippen LogP contribution in [-0.2, 0) is 0 Å². The van der Waals surface area contributed by atoms with Crippen molar-refractivity contribution in [1.82, 2.24) is 5.32 Å². The maximum atomic E-state index is 4.07. The third kappa shape index (κ3) is 3.84. The molecule has 1 aliphatic heterocycles. The van der Waals surface area contributed by atoms with E-state index < -0.39 is 0 Å². The maximum Gasteiger partial charge on any atom is 0.0214 e. The maximum absolute atomic E-state index is 4.07. The van der Waals surface area contributed by atoms with Crippen molar-refractivity contribution in [1.29, 1.82) is 0 Å². The van der Waals surface area contributed by atoms with Gasteiger partial charge >= 0.3 is 0 Å². The fourth-order valence-electron chi connectivity index (χ4n) is 2.90. The molecule has 18 heavy (non-hydrogen) atoms. The highest BCUT2D eigenvalue weighted by molar-refractivity contribution is 5.45. The summed E-state index contributed by atoms with van der Waals surface area (Å²) >= 11 is 0. The summed E-state index contributed by atoms with van der Waals surface area (Å²) in [7, 11) is 0. The third-order valence-corrected chi connectivity index (χ3v) is 3.90. The highest BCUT2D eigenvalue weighted by Gasteiger charge is 2.20. The predicted molar refractivity (Wildman–Crippen MR) is 81.8 cm³/mol. The van der Waals surface area contributed by atoms with Crippen molar-refractivity contribution in [3.05, 3.63) is 35.5 Å². The molecule has 0 amide bonds. The summed E-state index contributed by atoms with van der Waals surface area (Å²) in [6.07, 6.45) is 10.8. The molecular formula is C17H29N. The number of allylic oxidation sites excluding steroid dienone is 3. The first-order valence-electron chi connectivity index (χ1n) is 7.50. The van der Waals surface area contributed by atoms with Crippen LogP contribution in [0, 0.1) is 5.92 Å². The molecule has 1 rings (SSSR count). The third-order valence-electron chi connectivity index (χ3n) is 3.90. The van der Waals surface area contributed by atoms with Gasteiger partial charge in [0, 0.05) is 13.1 Å². The molecule has 1 unspecified atom stereocenters. The Labute approximate surface area is 113 Å². The van der Waals surface area contributed by atoms with Crippen molar-refractivity contribution >= 4 is 0 Å². The van der Waals surface area contributed by atoms with Crippen molar-refractivity contribution in [2.75, 3.05) is 13.1 Å². The van der Waals surface area contributed by atoms with E-state index in [1.165, 1.54) is 48.8 Å². The number of rotatable bonds is 7. The van der Waals surface area contributed by atoms with Gasteiger partial charge in [-0.1, -0.05) is 51.8 Å². The van der Waals surface area contributed by atoms with E-state index in [4.69, 9.17) is 0 Å². The van der Waals surface area contributed by atoms with Crippen molar-refractivity contribution in [3.63, 3.8) is 0 Å².